The van der Waals surface area contributed by atoms with Gasteiger partial charge >= 0.3 is 0 Å². The molecule has 0 atom stereocenters. The minimum absolute atomic E-state index is 0.0161. The number of hydrogen-bond acceptors (Lipinski definition) is 5. The van der Waals surface area contributed by atoms with E-state index in [2.05, 4.69) is 14.5 Å². The molecule has 5 nitrogen and oxygen atoms in total. The van der Waals surface area contributed by atoms with E-state index in [1.807, 2.05) is 24.0 Å². The number of rotatable bonds is 4. The van der Waals surface area contributed by atoms with Crippen LogP contribution in [0.25, 0.3) is 0 Å². The van der Waals surface area contributed by atoms with Gasteiger partial charge in [0, 0.05) is 38.3 Å². The quantitative estimate of drug-likeness (QED) is 0.860. The lowest BCUT2D eigenvalue weighted by Gasteiger charge is -2.34. The lowest BCUT2D eigenvalue weighted by atomic mass is 10.2. The van der Waals surface area contributed by atoms with Crippen LogP contribution < -0.4 is 0 Å². The highest BCUT2D eigenvalue weighted by Gasteiger charge is 2.25. The Bertz CT molecular complexity index is 682. The smallest absolute Gasteiger partial charge is 0.267 e. The van der Waals surface area contributed by atoms with Crippen molar-refractivity contribution < 1.29 is 9.18 Å². The third-order valence-electron chi connectivity index (χ3n) is 4.10. The van der Waals surface area contributed by atoms with Gasteiger partial charge in [-0.05, 0) is 24.0 Å². The number of piperazine rings is 1. The van der Waals surface area contributed by atoms with Gasteiger partial charge in [-0.3, -0.25) is 9.69 Å². The Kier molecular flexibility index (Phi) is 4.97. The molecule has 1 aromatic carbocycles. The summed E-state index contributed by atoms with van der Waals surface area (Å²) in [6, 6.07) is 6.84. The molecule has 1 aliphatic heterocycles. The van der Waals surface area contributed by atoms with Crippen LogP contribution in [0.2, 0.25) is 0 Å². The lowest BCUT2D eigenvalue weighted by Crippen LogP contribution is -2.48. The van der Waals surface area contributed by atoms with Crippen molar-refractivity contribution in [3.63, 3.8) is 0 Å². The van der Waals surface area contributed by atoms with E-state index in [0.717, 1.165) is 18.8 Å². The molecule has 0 N–H and O–H groups in total. The average Bonchev–Trinajstić information content (AvgIpc) is 3.05. The van der Waals surface area contributed by atoms with E-state index in [-0.39, 0.29) is 11.7 Å². The number of halogens is 1. The molecule has 23 heavy (non-hydrogen) atoms. The van der Waals surface area contributed by atoms with Crippen molar-refractivity contribution in [2.24, 2.45) is 0 Å². The zero-order chi connectivity index (χ0) is 16.2. The monoisotopic (exact) mass is 334 g/mol. The minimum atomic E-state index is -0.172. The normalized spacial score (nSPS) is 15.8. The number of carbonyl (C=O) groups excluding carboxylic acids is 1. The van der Waals surface area contributed by atoms with Crippen molar-refractivity contribution in [3.8, 4) is 0 Å². The molecule has 2 aromatic rings. The number of carbonyl (C=O) groups is 1. The summed E-state index contributed by atoms with van der Waals surface area (Å²) < 4.78 is 17.6. The van der Waals surface area contributed by atoms with E-state index in [9.17, 15) is 9.18 Å². The molecule has 0 saturated carbocycles. The Morgan fingerprint density at radius 2 is 2.00 bits per heavy atom. The molecule has 0 aliphatic carbocycles. The molecule has 1 aromatic heterocycles. The van der Waals surface area contributed by atoms with Crippen LogP contribution in [0.1, 0.15) is 27.9 Å². The van der Waals surface area contributed by atoms with Crippen molar-refractivity contribution in [3.05, 3.63) is 46.2 Å². The number of amides is 1. The molecule has 0 spiro atoms. The highest BCUT2D eigenvalue weighted by atomic mass is 32.1. The summed E-state index contributed by atoms with van der Waals surface area (Å²) in [6.07, 6.45) is 0.713. The van der Waals surface area contributed by atoms with E-state index in [1.54, 1.807) is 6.07 Å². The van der Waals surface area contributed by atoms with Crippen LogP contribution in [0.15, 0.2) is 24.3 Å². The Labute approximate surface area is 138 Å². The number of hydrogen-bond donors (Lipinski definition) is 0. The van der Waals surface area contributed by atoms with E-state index in [1.165, 1.54) is 17.6 Å². The van der Waals surface area contributed by atoms with Gasteiger partial charge in [0.15, 0.2) is 0 Å². The fourth-order valence-corrected chi connectivity index (χ4v) is 3.44. The van der Waals surface area contributed by atoms with Crippen LogP contribution in [-0.2, 0) is 13.0 Å². The highest BCUT2D eigenvalue weighted by molar-refractivity contribution is 7.08. The summed E-state index contributed by atoms with van der Waals surface area (Å²) in [5.41, 5.74) is 1.47. The zero-order valence-electron chi connectivity index (χ0n) is 13.0. The second-order valence-corrected chi connectivity index (χ2v) is 6.32. The summed E-state index contributed by atoms with van der Waals surface area (Å²) in [5, 5.41) is 4.00. The van der Waals surface area contributed by atoms with Gasteiger partial charge in [0.2, 0.25) is 0 Å². The maximum absolute atomic E-state index is 13.7. The number of benzene rings is 1. The first-order chi connectivity index (χ1) is 11.2. The largest absolute Gasteiger partial charge is 0.335 e. The van der Waals surface area contributed by atoms with E-state index in [0.29, 0.717) is 36.5 Å². The molecule has 1 aliphatic rings. The zero-order valence-corrected chi connectivity index (χ0v) is 13.9. The highest BCUT2D eigenvalue weighted by Crippen LogP contribution is 2.17. The molecule has 3 rings (SSSR count). The van der Waals surface area contributed by atoms with Gasteiger partial charge < -0.3 is 4.90 Å². The van der Waals surface area contributed by atoms with Gasteiger partial charge in [-0.2, -0.15) is 0 Å². The first kappa shape index (κ1) is 16.0. The van der Waals surface area contributed by atoms with Crippen molar-refractivity contribution in [2.75, 3.05) is 26.2 Å². The average molecular weight is 334 g/mol. The SMILES string of the molecule is CCc1nnsc1C(=O)N1CCN(Cc2ccccc2F)CC1. The summed E-state index contributed by atoms with van der Waals surface area (Å²) in [6.45, 7) is 5.33. The number of nitrogens with zero attached hydrogens (tertiary/aromatic N) is 4. The molecular formula is C16H19FN4OS. The summed E-state index contributed by atoms with van der Waals surface area (Å²) >= 11 is 1.17. The molecule has 0 bridgehead atoms. The standard InChI is InChI=1S/C16H19FN4OS/c1-2-14-15(23-19-18-14)16(22)21-9-7-20(8-10-21)11-12-5-3-4-6-13(12)17/h3-6H,2,7-11H2,1H3. The van der Waals surface area contributed by atoms with Crippen LogP contribution >= 0.6 is 11.5 Å². The van der Waals surface area contributed by atoms with Gasteiger partial charge in [0.25, 0.3) is 5.91 Å². The molecule has 1 fully saturated rings. The maximum atomic E-state index is 13.7. The predicted octanol–water partition coefficient (Wildman–Crippen LogP) is 2.20. The second-order valence-electron chi connectivity index (χ2n) is 5.56. The van der Waals surface area contributed by atoms with E-state index >= 15 is 0 Å². The van der Waals surface area contributed by atoms with Crippen molar-refractivity contribution in [1.82, 2.24) is 19.4 Å². The Hall–Kier alpha value is -1.86. The van der Waals surface area contributed by atoms with Gasteiger partial charge in [0.1, 0.15) is 10.7 Å². The Morgan fingerprint density at radius 1 is 1.26 bits per heavy atom. The molecule has 122 valence electrons. The summed E-state index contributed by atoms with van der Waals surface area (Å²) in [7, 11) is 0. The third-order valence-corrected chi connectivity index (χ3v) is 4.85. The van der Waals surface area contributed by atoms with Crippen molar-refractivity contribution >= 4 is 17.4 Å². The molecule has 0 unspecified atom stereocenters. The van der Waals surface area contributed by atoms with E-state index < -0.39 is 0 Å². The number of aryl methyl sites for hydroxylation is 1. The van der Waals surface area contributed by atoms with Crippen LogP contribution in [0.4, 0.5) is 4.39 Å². The van der Waals surface area contributed by atoms with Gasteiger partial charge in [-0.1, -0.05) is 29.6 Å². The third kappa shape index (κ3) is 3.56. The Morgan fingerprint density at radius 3 is 2.70 bits per heavy atom. The van der Waals surface area contributed by atoms with Gasteiger partial charge in [-0.25, -0.2) is 4.39 Å². The molecular weight excluding hydrogens is 315 g/mol. The molecule has 7 heteroatoms. The Balaban J connectivity index is 1.58. The molecule has 1 saturated heterocycles. The van der Waals surface area contributed by atoms with Crippen LogP contribution in [-0.4, -0.2) is 51.5 Å². The minimum Gasteiger partial charge on any atom is -0.335 e. The first-order valence-electron chi connectivity index (χ1n) is 7.75. The molecule has 2 heterocycles. The summed E-state index contributed by atoms with van der Waals surface area (Å²) in [5.74, 6) is -0.156. The summed E-state index contributed by atoms with van der Waals surface area (Å²) in [4.78, 5) is 17.2. The van der Waals surface area contributed by atoms with Crippen LogP contribution in [0.3, 0.4) is 0 Å². The van der Waals surface area contributed by atoms with Crippen LogP contribution in [0.5, 0.6) is 0 Å². The first-order valence-corrected chi connectivity index (χ1v) is 8.52. The number of aromatic nitrogens is 2. The molecule has 0 radical (unpaired) electrons. The predicted molar refractivity (Wildman–Crippen MR) is 86.9 cm³/mol. The van der Waals surface area contributed by atoms with Crippen LogP contribution in [0, 0.1) is 5.82 Å². The lowest BCUT2D eigenvalue weighted by molar-refractivity contribution is 0.0630. The second kappa shape index (κ2) is 7.14. The maximum Gasteiger partial charge on any atom is 0.267 e. The van der Waals surface area contributed by atoms with Gasteiger partial charge in [0.05, 0.1) is 5.69 Å². The van der Waals surface area contributed by atoms with Crippen molar-refractivity contribution in [2.45, 2.75) is 19.9 Å². The molecule has 1 amide bonds. The van der Waals surface area contributed by atoms with Gasteiger partial charge in [-0.15, -0.1) is 5.10 Å². The fraction of sp³-hybridized carbons (Fsp3) is 0.438. The fourth-order valence-electron chi connectivity index (χ4n) is 2.72. The van der Waals surface area contributed by atoms with E-state index in [4.69, 9.17) is 0 Å². The van der Waals surface area contributed by atoms with Crippen molar-refractivity contribution in [1.29, 1.82) is 0 Å². The topological polar surface area (TPSA) is 49.3 Å².